The zero-order chi connectivity index (χ0) is 91.9. The van der Waals surface area contributed by atoms with Gasteiger partial charge in [-0.05, 0) is 247 Å². The Morgan fingerprint density at radius 1 is 0.488 bits per heavy atom. The second kappa shape index (κ2) is 42.3. The Bertz CT molecular complexity index is 6720. The van der Waals surface area contributed by atoms with Crippen LogP contribution in [0.2, 0.25) is 5.15 Å². The summed E-state index contributed by atoms with van der Waals surface area (Å²) >= 11 is 22.6. The van der Waals surface area contributed by atoms with Gasteiger partial charge in [0.2, 0.25) is 0 Å². The summed E-state index contributed by atoms with van der Waals surface area (Å²) in [6, 6.07) is 64.2. The first kappa shape index (κ1) is 96.6. The first-order valence-electron chi connectivity index (χ1n) is 38.9. The number of thioether (sulfide) groups is 2. The van der Waals surface area contributed by atoms with Crippen LogP contribution in [0.5, 0.6) is 17.2 Å². The van der Waals surface area contributed by atoms with Crippen LogP contribution in [0.1, 0.15) is 80.5 Å². The number of imide groups is 1. The number of carbonyl (C=O) groups is 2. The highest BCUT2D eigenvalue weighted by atomic mass is 127. The Morgan fingerprint density at radius 3 is 1.35 bits per heavy atom. The van der Waals surface area contributed by atoms with Gasteiger partial charge in [-0.2, -0.15) is 21.3 Å². The molecule has 0 radical (unpaired) electrons. The number of rotatable bonds is 15. The van der Waals surface area contributed by atoms with Gasteiger partial charge in [0.25, 0.3) is 5.91 Å². The molecule has 0 saturated carbocycles. The Hall–Kier alpha value is -11.0. The van der Waals surface area contributed by atoms with E-state index in [-0.39, 0.29) is 18.3 Å². The van der Waals surface area contributed by atoms with Gasteiger partial charge in [-0.3, -0.25) is 4.79 Å². The number of hydrogen-bond donors (Lipinski definition) is 1. The Labute approximate surface area is 773 Å². The van der Waals surface area contributed by atoms with Crippen molar-refractivity contribution in [1.82, 2.24) is 53.9 Å². The molecule has 0 aliphatic carbocycles. The Balaban J connectivity index is 0.000000148. The number of hydrogen-bond acceptors (Lipinski definition) is 24. The fourth-order valence-electron chi connectivity index (χ4n) is 12.7. The molecule has 5 aromatic heterocycles. The fraction of sp³-hybridized carbons (Fsp3) is 0.207. The third-order valence-corrected chi connectivity index (χ3v) is 26.3. The number of aryl methyl sites for hydroxylation is 5. The van der Waals surface area contributed by atoms with Crippen molar-refractivity contribution in [2.75, 3.05) is 27.1 Å². The van der Waals surface area contributed by atoms with Crippen LogP contribution in [0.3, 0.4) is 0 Å². The molecule has 2 fully saturated rings. The smallest absolute Gasteiger partial charge is 0.495 e. The van der Waals surface area contributed by atoms with Crippen LogP contribution in [-0.2, 0) is 46.1 Å². The Morgan fingerprint density at radius 2 is 0.921 bits per heavy atom. The van der Waals surface area contributed by atoms with Crippen LogP contribution in [0.15, 0.2) is 262 Å². The van der Waals surface area contributed by atoms with E-state index in [1.54, 1.807) is 45.5 Å². The fourth-order valence-corrected chi connectivity index (χ4v) is 16.9. The van der Waals surface area contributed by atoms with Crippen molar-refractivity contribution >= 4 is 176 Å². The Kier molecular flexibility index (Phi) is 32.1. The topological polar surface area (TPSA) is 310 Å². The lowest BCUT2D eigenvalue weighted by atomic mass is 9.76. The zero-order valence-electron chi connectivity index (χ0n) is 71.3. The van der Waals surface area contributed by atoms with Crippen LogP contribution in [0, 0.1) is 38.2 Å². The van der Waals surface area contributed by atoms with Crippen LogP contribution < -0.4 is 25.4 Å². The van der Waals surface area contributed by atoms with Crippen molar-refractivity contribution in [3.63, 3.8) is 0 Å². The summed E-state index contributed by atoms with van der Waals surface area (Å²) in [5.41, 5.74) is 20.4. The summed E-state index contributed by atoms with van der Waals surface area (Å²) in [5.74, 6) is 4.04. The van der Waals surface area contributed by atoms with Crippen LogP contribution in [-0.4, -0.2) is 128 Å². The molecular weight excluding hydrogens is 1880 g/mol. The summed E-state index contributed by atoms with van der Waals surface area (Å²) in [6.45, 7) is 21.5. The number of urea groups is 1. The minimum Gasteiger partial charge on any atom is -0.497 e. The third kappa shape index (κ3) is 24.2. The lowest BCUT2D eigenvalue weighted by Gasteiger charge is -2.32. The summed E-state index contributed by atoms with van der Waals surface area (Å²) in [7, 11) is -5.05. The molecule has 0 atom stereocenters. The predicted molar refractivity (Wildman–Crippen MR) is 507 cm³/mol. The summed E-state index contributed by atoms with van der Waals surface area (Å²) in [4.78, 5) is 57.6. The lowest BCUT2D eigenvalue weighted by Crippen LogP contribution is -2.41. The first-order chi connectivity index (χ1) is 60.3. The van der Waals surface area contributed by atoms with Gasteiger partial charge in [-0.25, -0.2) is 49.1 Å². The maximum atomic E-state index is 13.2. The molecule has 2 N–H and O–H groups in total. The SMILES string of the molecule is CC1(C)C(=O)N(Cl)C(=O)N1Cl.COc1cc(-c2ncnc3cc(S(=O)(=O)F)ccc23)c(C)cc1I.COc1ccc(C)c(-c2ncnc3cc(S(=O)(=O)F)ccc23)c1.COc1ccc(C)c(B2OC(C)(C)C(C)(C)O2)c1.Cc1ccc(C)c(-c2ncnc3cc(SCc4ccccc4)ccc23)c1.Clc1ncnc2cc(SCc3ccccc3)ccc12.Nc1ccon1. The molecule has 0 unspecified atom stereocenters. The molecular formula is C92H87BCl3F2IN12O12S4. The van der Waals surface area contributed by atoms with Gasteiger partial charge in [-0.1, -0.05) is 113 Å². The van der Waals surface area contributed by atoms with E-state index in [0.717, 1.165) is 86.0 Å². The molecule has 2 aliphatic rings. The quantitative estimate of drug-likeness (QED) is 0.0190. The average molecular weight is 1960 g/mol. The summed E-state index contributed by atoms with van der Waals surface area (Å²) in [6.07, 6.45) is 7.25. The number of methoxy groups -OCH3 is 3. The van der Waals surface area contributed by atoms with E-state index in [1.807, 2.05) is 86.3 Å². The van der Waals surface area contributed by atoms with Gasteiger partial charge in [0.05, 0.1) is 75.3 Å². The first-order valence-corrected chi connectivity index (χ1v) is 45.8. The monoisotopic (exact) mass is 1960 g/mol. The van der Waals surface area contributed by atoms with E-state index in [1.165, 1.54) is 113 Å². The molecule has 656 valence electrons. The highest BCUT2D eigenvalue weighted by molar-refractivity contribution is 14.1. The largest absolute Gasteiger partial charge is 0.497 e. The van der Waals surface area contributed by atoms with Gasteiger partial charge >= 0.3 is 33.6 Å². The molecule has 7 heterocycles. The standard InChI is InChI=1S/C23H20N2S.C16H12FIN2O3S.C16H13FN2O3S.C15H11ClN2S.C14H21BO3.C5H6Cl2N2O2.C3H4N2O/c1-16-8-9-17(2)21(12-16)23-20-11-10-19(13-22(20)24-15-25-23)26-14-18-6-4-3-5-7-18;1-9-5-13(18)15(23-2)7-12(9)16-11-4-3-10(24(17,21)22)6-14(11)19-8-20-16;1-10-3-4-11(22-2)7-14(10)16-13-6-5-12(23(17,20)21)8-15(13)18-9-19-16;16-15-13-7-6-12(8-14(13)17-10-18-15)19-9-11-4-2-1-3-5-11;1-10-7-8-11(16-6)9-12(10)15-17-13(2,3)14(4,5)18-15;1-5(2)3(10)8(6)4(11)9(5)7;4-3-1-2-6-5-3/h3-13,15H,14H2,1-2H3;3-8H,1-2H3;3-9H,1-2H3;1-8,10H,9H2;7-9H,1-6H3;1-2H3;1-2H,(H2,4,5). The highest BCUT2D eigenvalue weighted by Gasteiger charge is 2.53. The molecule has 24 nitrogen and oxygen atoms in total. The third-order valence-electron chi connectivity index (χ3n) is 20.5. The highest BCUT2D eigenvalue weighted by Crippen LogP contribution is 2.40. The van der Waals surface area contributed by atoms with Gasteiger partial charge in [0, 0.05) is 89.2 Å². The summed E-state index contributed by atoms with van der Waals surface area (Å²) in [5, 5.41) is 7.09. The number of amides is 3. The number of nitrogen functional groups attached to an aromatic ring is 1. The molecule has 127 heavy (non-hydrogen) atoms. The molecule has 35 heteroatoms. The number of halogens is 6. The predicted octanol–water partition coefficient (Wildman–Crippen LogP) is 21.8. The minimum atomic E-state index is -4.78. The van der Waals surface area contributed by atoms with Gasteiger partial charge in [0.1, 0.15) is 69.3 Å². The number of nitrogens with zero attached hydrogens (tertiary/aromatic N) is 11. The van der Waals surface area contributed by atoms with Crippen molar-refractivity contribution in [2.45, 2.75) is 124 Å². The number of ether oxygens (including phenoxy) is 3. The molecule has 10 aromatic carbocycles. The number of aromatic nitrogens is 9. The number of carbonyl (C=O) groups excluding carboxylic acids is 2. The van der Waals surface area contributed by atoms with Gasteiger partial charge < -0.3 is 33.8 Å². The van der Waals surface area contributed by atoms with Crippen LogP contribution >= 0.6 is 81.3 Å². The summed E-state index contributed by atoms with van der Waals surface area (Å²) < 4.78 is 105. The number of nitrogens with two attached hydrogens (primary N) is 1. The van der Waals surface area contributed by atoms with E-state index in [4.69, 9.17) is 64.4 Å². The maximum absolute atomic E-state index is 13.2. The minimum absolute atomic E-state index is 0.312. The van der Waals surface area contributed by atoms with Crippen molar-refractivity contribution in [3.05, 3.63) is 285 Å². The molecule has 2 aliphatic heterocycles. The average Bonchev–Trinajstić information content (AvgIpc) is 0.900. The van der Waals surface area contributed by atoms with Crippen molar-refractivity contribution < 1.29 is 62.2 Å². The van der Waals surface area contributed by atoms with Crippen LogP contribution in [0.25, 0.3) is 77.4 Å². The second-order valence-electron chi connectivity index (χ2n) is 30.2. The molecule has 3 amide bonds. The van der Waals surface area contributed by atoms with Crippen molar-refractivity contribution in [1.29, 1.82) is 0 Å². The molecule has 15 aromatic rings. The number of anilines is 1. The lowest BCUT2D eigenvalue weighted by molar-refractivity contribution is -0.127. The van der Waals surface area contributed by atoms with E-state index in [0.29, 0.717) is 60.1 Å². The van der Waals surface area contributed by atoms with Crippen molar-refractivity contribution in [2.24, 2.45) is 0 Å². The van der Waals surface area contributed by atoms with Crippen LogP contribution in [0.4, 0.5) is 18.4 Å². The van der Waals surface area contributed by atoms with Gasteiger partial charge in [-0.15, -0.1) is 31.3 Å². The molecule has 2 saturated heterocycles. The maximum Gasteiger partial charge on any atom is 0.495 e. The second-order valence-corrected chi connectivity index (χ2v) is 37.2. The zero-order valence-corrected chi connectivity index (χ0v) is 79.0. The number of benzene rings is 10. The van der Waals surface area contributed by atoms with Crippen molar-refractivity contribution in [3.8, 4) is 51.0 Å². The van der Waals surface area contributed by atoms with E-state index >= 15 is 0 Å². The molecule has 0 bridgehead atoms. The molecule has 0 spiro atoms. The van der Waals surface area contributed by atoms with E-state index < -0.39 is 47.7 Å². The number of fused-ring (bicyclic) bond motifs is 4. The van der Waals surface area contributed by atoms with Gasteiger partial charge in [0.15, 0.2) is 5.82 Å². The molecule has 17 rings (SSSR count). The normalized spacial score (nSPS) is 13.6. The van der Waals surface area contributed by atoms with E-state index in [9.17, 15) is 34.2 Å². The van der Waals surface area contributed by atoms with E-state index in [2.05, 4.69) is 224 Å².